The SMILES string of the molecule is O=C1CC(Cl)CN1[C@@H](CO)c1ccccc1. The molecule has 86 valence electrons. The topological polar surface area (TPSA) is 40.5 Å². The van der Waals surface area contributed by atoms with Crippen LogP contribution in [0.5, 0.6) is 0 Å². The van der Waals surface area contributed by atoms with Gasteiger partial charge >= 0.3 is 0 Å². The molecule has 1 amide bonds. The number of halogens is 1. The lowest BCUT2D eigenvalue weighted by Gasteiger charge is -2.26. The molecule has 1 fully saturated rings. The summed E-state index contributed by atoms with van der Waals surface area (Å²) in [6.45, 7) is 0.444. The van der Waals surface area contributed by atoms with E-state index in [4.69, 9.17) is 11.6 Å². The van der Waals surface area contributed by atoms with Gasteiger partial charge in [-0.05, 0) is 5.56 Å². The van der Waals surface area contributed by atoms with E-state index in [1.54, 1.807) is 4.90 Å². The number of benzene rings is 1. The first-order chi connectivity index (χ1) is 7.72. The lowest BCUT2D eigenvalue weighted by atomic mass is 10.1. The molecule has 0 aliphatic carbocycles. The molecule has 1 aromatic carbocycles. The number of likely N-dealkylation sites (tertiary alicyclic amines) is 1. The first-order valence-corrected chi connectivity index (χ1v) is 5.75. The Labute approximate surface area is 99.6 Å². The van der Waals surface area contributed by atoms with Crippen LogP contribution in [0.1, 0.15) is 18.0 Å². The fourth-order valence-electron chi connectivity index (χ4n) is 2.05. The van der Waals surface area contributed by atoms with Crippen LogP contribution in [0.15, 0.2) is 30.3 Å². The van der Waals surface area contributed by atoms with Gasteiger partial charge in [0.05, 0.1) is 18.0 Å². The Bertz CT molecular complexity index is 369. The number of aliphatic hydroxyl groups excluding tert-OH is 1. The average Bonchev–Trinajstić information content (AvgIpc) is 2.61. The van der Waals surface area contributed by atoms with E-state index in [2.05, 4.69) is 0 Å². The summed E-state index contributed by atoms with van der Waals surface area (Å²) in [5.41, 5.74) is 0.948. The Morgan fingerprint density at radius 1 is 1.44 bits per heavy atom. The first kappa shape index (κ1) is 11.4. The number of hydrogen-bond acceptors (Lipinski definition) is 2. The van der Waals surface area contributed by atoms with Crippen molar-refractivity contribution in [3.8, 4) is 0 Å². The number of aliphatic hydroxyl groups is 1. The summed E-state index contributed by atoms with van der Waals surface area (Å²) < 4.78 is 0. The lowest BCUT2D eigenvalue weighted by Crippen LogP contribution is -2.32. The van der Waals surface area contributed by atoms with Crippen molar-refractivity contribution >= 4 is 17.5 Å². The van der Waals surface area contributed by atoms with Crippen LogP contribution in [0.25, 0.3) is 0 Å². The maximum atomic E-state index is 11.7. The maximum Gasteiger partial charge on any atom is 0.224 e. The van der Waals surface area contributed by atoms with E-state index in [1.807, 2.05) is 30.3 Å². The highest BCUT2D eigenvalue weighted by atomic mass is 35.5. The van der Waals surface area contributed by atoms with Gasteiger partial charge in [-0.15, -0.1) is 11.6 Å². The van der Waals surface area contributed by atoms with Crippen LogP contribution >= 0.6 is 11.6 Å². The quantitative estimate of drug-likeness (QED) is 0.814. The summed E-state index contributed by atoms with van der Waals surface area (Å²) in [7, 11) is 0. The summed E-state index contributed by atoms with van der Waals surface area (Å²) in [4.78, 5) is 13.3. The smallest absolute Gasteiger partial charge is 0.224 e. The zero-order valence-electron chi connectivity index (χ0n) is 8.84. The number of rotatable bonds is 3. The van der Waals surface area contributed by atoms with Gasteiger partial charge in [-0.1, -0.05) is 30.3 Å². The number of hydrogen-bond donors (Lipinski definition) is 1. The summed E-state index contributed by atoms with van der Waals surface area (Å²) in [6, 6.07) is 9.27. The van der Waals surface area contributed by atoms with E-state index >= 15 is 0 Å². The van der Waals surface area contributed by atoms with Crippen LogP contribution in [-0.2, 0) is 4.79 Å². The standard InChI is InChI=1S/C12H14ClNO2/c13-10-6-12(16)14(7-10)11(8-15)9-4-2-1-3-5-9/h1-5,10-11,15H,6-8H2/t10?,11-/m0/s1. The van der Waals surface area contributed by atoms with Crippen molar-refractivity contribution < 1.29 is 9.90 Å². The van der Waals surface area contributed by atoms with E-state index in [-0.39, 0.29) is 23.9 Å². The maximum absolute atomic E-state index is 11.7. The molecule has 16 heavy (non-hydrogen) atoms. The molecule has 0 radical (unpaired) electrons. The summed E-state index contributed by atoms with van der Waals surface area (Å²) in [5.74, 6) is 0.0166. The van der Waals surface area contributed by atoms with Crippen LogP contribution < -0.4 is 0 Å². The number of alkyl halides is 1. The van der Waals surface area contributed by atoms with Crippen molar-refractivity contribution in [3.63, 3.8) is 0 Å². The first-order valence-electron chi connectivity index (χ1n) is 5.31. The van der Waals surface area contributed by atoms with Gasteiger partial charge in [0, 0.05) is 13.0 Å². The summed E-state index contributed by atoms with van der Waals surface area (Å²) >= 11 is 5.95. The Balaban J connectivity index is 2.20. The van der Waals surface area contributed by atoms with Crippen LogP contribution in [0.2, 0.25) is 0 Å². The third-order valence-electron chi connectivity index (χ3n) is 2.84. The average molecular weight is 240 g/mol. The molecule has 1 heterocycles. The predicted octanol–water partition coefficient (Wildman–Crippen LogP) is 1.56. The molecule has 4 heteroatoms. The van der Waals surface area contributed by atoms with E-state index in [0.717, 1.165) is 5.56 Å². The molecule has 0 aromatic heterocycles. The molecule has 0 bridgehead atoms. The highest BCUT2D eigenvalue weighted by Gasteiger charge is 2.33. The molecule has 2 rings (SSSR count). The molecule has 1 N–H and O–H groups in total. The molecule has 0 spiro atoms. The van der Waals surface area contributed by atoms with Crippen molar-refractivity contribution in [1.29, 1.82) is 0 Å². The molecule has 1 aromatic rings. The fraction of sp³-hybridized carbons (Fsp3) is 0.417. The number of carbonyl (C=O) groups is 1. The van der Waals surface area contributed by atoms with Crippen molar-refractivity contribution in [2.45, 2.75) is 17.8 Å². The Hall–Kier alpha value is -1.06. The zero-order valence-corrected chi connectivity index (χ0v) is 9.60. The molecule has 3 nitrogen and oxygen atoms in total. The second kappa shape index (κ2) is 4.85. The van der Waals surface area contributed by atoms with Gasteiger partial charge in [-0.25, -0.2) is 0 Å². The number of amides is 1. The highest BCUT2D eigenvalue weighted by molar-refractivity contribution is 6.22. The van der Waals surface area contributed by atoms with Gasteiger partial charge < -0.3 is 10.0 Å². The van der Waals surface area contributed by atoms with E-state index in [1.165, 1.54) is 0 Å². The molecule has 1 saturated heterocycles. The highest BCUT2D eigenvalue weighted by Crippen LogP contribution is 2.27. The minimum Gasteiger partial charge on any atom is -0.394 e. The fourth-order valence-corrected chi connectivity index (χ4v) is 2.33. The Morgan fingerprint density at radius 3 is 2.62 bits per heavy atom. The van der Waals surface area contributed by atoms with Crippen molar-refractivity contribution in [1.82, 2.24) is 4.90 Å². The third kappa shape index (κ3) is 2.20. The molecule has 1 aliphatic rings. The molecule has 1 unspecified atom stereocenters. The monoisotopic (exact) mass is 239 g/mol. The van der Waals surface area contributed by atoms with Crippen molar-refractivity contribution in [2.24, 2.45) is 0 Å². The molecule has 1 aliphatic heterocycles. The van der Waals surface area contributed by atoms with Gasteiger partial charge in [0.25, 0.3) is 0 Å². The third-order valence-corrected chi connectivity index (χ3v) is 3.14. The Kier molecular flexibility index (Phi) is 3.46. The van der Waals surface area contributed by atoms with Crippen molar-refractivity contribution in [3.05, 3.63) is 35.9 Å². The van der Waals surface area contributed by atoms with Gasteiger partial charge in [0.2, 0.25) is 5.91 Å². The number of nitrogens with zero attached hydrogens (tertiary/aromatic N) is 1. The second-order valence-electron chi connectivity index (χ2n) is 3.96. The van der Waals surface area contributed by atoms with E-state index in [9.17, 15) is 9.90 Å². The zero-order chi connectivity index (χ0) is 11.5. The minimum absolute atomic E-state index is 0.0166. The van der Waals surface area contributed by atoms with Crippen LogP contribution in [0, 0.1) is 0 Å². The molecule has 2 atom stereocenters. The molecular weight excluding hydrogens is 226 g/mol. The van der Waals surface area contributed by atoms with Gasteiger partial charge in [0.15, 0.2) is 0 Å². The normalized spacial score (nSPS) is 22.5. The van der Waals surface area contributed by atoms with Gasteiger partial charge in [0.1, 0.15) is 0 Å². The predicted molar refractivity (Wildman–Crippen MR) is 62.2 cm³/mol. The van der Waals surface area contributed by atoms with Gasteiger partial charge in [-0.2, -0.15) is 0 Å². The largest absolute Gasteiger partial charge is 0.394 e. The lowest BCUT2D eigenvalue weighted by molar-refractivity contribution is -0.130. The van der Waals surface area contributed by atoms with Crippen molar-refractivity contribution in [2.75, 3.05) is 13.2 Å². The van der Waals surface area contributed by atoms with Crippen LogP contribution in [0.4, 0.5) is 0 Å². The van der Waals surface area contributed by atoms with E-state index in [0.29, 0.717) is 13.0 Å². The Morgan fingerprint density at radius 2 is 2.12 bits per heavy atom. The summed E-state index contributed by atoms with van der Waals surface area (Å²) in [5, 5.41) is 9.27. The number of carbonyl (C=O) groups excluding carboxylic acids is 1. The minimum atomic E-state index is -0.266. The molecular formula is C12H14ClNO2. The van der Waals surface area contributed by atoms with E-state index < -0.39 is 0 Å². The summed E-state index contributed by atoms with van der Waals surface area (Å²) in [6.07, 6.45) is 0.366. The van der Waals surface area contributed by atoms with Gasteiger partial charge in [-0.3, -0.25) is 4.79 Å². The molecule has 0 saturated carbocycles. The van der Waals surface area contributed by atoms with Crippen LogP contribution in [0.3, 0.4) is 0 Å². The van der Waals surface area contributed by atoms with Crippen LogP contribution in [-0.4, -0.2) is 34.4 Å². The second-order valence-corrected chi connectivity index (χ2v) is 4.57.